The molecule has 0 unspecified atom stereocenters. The number of aromatic nitrogens is 5. The summed E-state index contributed by atoms with van der Waals surface area (Å²) in [7, 11) is 0. The van der Waals surface area contributed by atoms with Crippen LogP contribution in [0.2, 0.25) is 0 Å². The SMILES string of the molecule is FSn1ccc2c(N3CCc4[nH]nc(CNCCC(F)(F)F)c4C3)ncnc21. The summed E-state index contributed by atoms with van der Waals surface area (Å²) in [5.74, 6) is 0.695. The summed E-state index contributed by atoms with van der Waals surface area (Å²) >= 11 is 0.0701. The van der Waals surface area contributed by atoms with Gasteiger partial charge in [0.05, 0.1) is 17.5 Å². The maximum atomic E-state index is 13.0. The summed E-state index contributed by atoms with van der Waals surface area (Å²) in [6.45, 7) is 1.30. The Hall–Kier alpha value is -2.34. The first-order valence-corrected chi connectivity index (χ1v) is 9.32. The molecule has 0 aliphatic carbocycles. The number of alkyl halides is 3. The third-order valence-electron chi connectivity index (χ3n) is 4.70. The van der Waals surface area contributed by atoms with Crippen LogP contribution >= 0.6 is 12.3 Å². The molecular weight excluding hydrogens is 398 g/mol. The van der Waals surface area contributed by atoms with Crippen molar-refractivity contribution < 1.29 is 17.1 Å². The fourth-order valence-corrected chi connectivity index (χ4v) is 3.66. The molecule has 4 heterocycles. The van der Waals surface area contributed by atoms with Gasteiger partial charge in [-0.05, 0) is 6.07 Å². The van der Waals surface area contributed by atoms with Crippen molar-refractivity contribution in [1.82, 2.24) is 29.5 Å². The minimum atomic E-state index is -4.18. The Morgan fingerprint density at radius 1 is 1.29 bits per heavy atom. The van der Waals surface area contributed by atoms with Crippen molar-refractivity contribution >= 4 is 29.2 Å². The molecule has 0 bridgehead atoms. The number of H-pyrrole nitrogens is 1. The zero-order valence-electron chi connectivity index (χ0n) is 14.6. The van der Waals surface area contributed by atoms with E-state index in [4.69, 9.17) is 0 Å². The van der Waals surface area contributed by atoms with Crippen LogP contribution in [0.3, 0.4) is 0 Å². The highest BCUT2D eigenvalue weighted by Gasteiger charge is 2.27. The molecule has 12 heteroatoms. The van der Waals surface area contributed by atoms with Gasteiger partial charge in [-0.25, -0.2) is 13.9 Å². The highest BCUT2D eigenvalue weighted by atomic mass is 32.2. The Labute approximate surface area is 162 Å². The fourth-order valence-electron chi connectivity index (χ4n) is 3.34. The molecular formula is C16H17F4N7S. The third kappa shape index (κ3) is 3.78. The maximum Gasteiger partial charge on any atom is 0.390 e. The number of aromatic amines is 1. The smallest absolute Gasteiger partial charge is 0.351 e. The standard InChI is InChI=1S/C16H17F4N7S/c17-16(18,19)3-4-21-7-13-11-8-26(5-2-12(11)24-25-13)14-10-1-6-27(28-20)15(10)23-9-22-14/h1,6,9,21H,2-5,7-8H2,(H,24,25). The Morgan fingerprint density at radius 3 is 2.93 bits per heavy atom. The fraction of sp³-hybridized carbons (Fsp3) is 0.438. The lowest BCUT2D eigenvalue weighted by atomic mass is 10.0. The Balaban J connectivity index is 1.51. The van der Waals surface area contributed by atoms with Crippen LogP contribution in [0, 0.1) is 0 Å². The number of hydrogen-bond donors (Lipinski definition) is 2. The lowest BCUT2D eigenvalue weighted by Crippen LogP contribution is -2.32. The van der Waals surface area contributed by atoms with Gasteiger partial charge in [-0.15, -0.1) is 3.89 Å². The van der Waals surface area contributed by atoms with E-state index >= 15 is 0 Å². The average Bonchev–Trinajstić information content (AvgIpc) is 3.27. The molecule has 0 amide bonds. The zero-order valence-corrected chi connectivity index (χ0v) is 15.4. The van der Waals surface area contributed by atoms with Crippen molar-refractivity contribution in [2.75, 3.05) is 18.0 Å². The molecule has 7 nitrogen and oxygen atoms in total. The molecule has 0 saturated heterocycles. The first-order chi connectivity index (χ1) is 13.5. The average molecular weight is 415 g/mol. The highest BCUT2D eigenvalue weighted by Crippen LogP contribution is 2.30. The van der Waals surface area contributed by atoms with Crippen LogP contribution < -0.4 is 10.2 Å². The molecule has 0 atom stereocenters. The van der Waals surface area contributed by atoms with E-state index in [1.165, 1.54) is 10.3 Å². The van der Waals surface area contributed by atoms with Crippen LogP contribution in [0.5, 0.6) is 0 Å². The summed E-state index contributed by atoms with van der Waals surface area (Å²) < 4.78 is 51.2. The Morgan fingerprint density at radius 2 is 2.14 bits per heavy atom. The van der Waals surface area contributed by atoms with Crippen LogP contribution in [0.1, 0.15) is 23.4 Å². The molecule has 0 spiro atoms. The molecule has 3 aromatic rings. The molecule has 4 rings (SSSR count). The first kappa shape index (κ1) is 19.0. The van der Waals surface area contributed by atoms with Gasteiger partial charge in [-0.1, -0.05) is 0 Å². The Bertz CT molecular complexity index is 968. The molecule has 150 valence electrons. The van der Waals surface area contributed by atoms with Gasteiger partial charge < -0.3 is 10.2 Å². The van der Waals surface area contributed by atoms with E-state index in [0.29, 0.717) is 36.7 Å². The predicted octanol–water partition coefficient (Wildman–Crippen LogP) is 3.14. The normalized spacial score (nSPS) is 14.6. The number of hydrogen-bond acceptors (Lipinski definition) is 6. The van der Waals surface area contributed by atoms with E-state index in [9.17, 15) is 17.1 Å². The van der Waals surface area contributed by atoms with E-state index in [0.717, 1.165) is 16.6 Å². The third-order valence-corrected chi connectivity index (χ3v) is 5.14. The minimum Gasteiger partial charge on any atom is -0.351 e. The second-order valence-electron chi connectivity index (χ2n) is 6.49. The van der Waals surface area contributed by atoms with Gasteiger partial charge in [-0.3, -0.25) is 5.10 Å². The molecule has 1 aliphatic heterocycles. The monoisotopic (exact) mass is 415 g/mol. The van der Waals surface area contributed by atoms with E-state index in [1.807, 2.05) is 4.90 Å². The lowest BCUT2D eigenvalue weighted by Gasteiger charge is -2.28. The Kier molecular flexibility index (Phi) is 5.15. The van der Waals surface area contributed by atoms with Crippen LogP contribution in [-0.4, -0.2) is 43.4 Å². The van der Waals surface area contributed by atoms with Gasteiger partial charge in [0.25, 0.3) is 0 Å². The topological polar surface area (TPSA) is 74.7 Å². The number of halogens is 4. The van der Waals surface area contributed by atoms with Crippen LogP contribution in [0.4, 0.5) is 22.9 Å². The minimum absolute atomic E-state index is 0.0701. The lowest BCUT2D eigenvalue weighted by molar-refractivity contribution is -0.133. The van der Waals surface area contributed by atoms with Gasteiger partial charge in [0.15, 0.2) is 18.0 Å². The maximum absolute atomic E-state index is 13.0. The van der Waals surface area contributed by atoms with Crippen LogP contribution in [0.15, 0.2) is 18.6 Å². The van der Waals surface area contributed by atoms with Crippen molar-refractivity contribution in [3.05, 3.63) is 35.5 Å². The number of anilines is 1. The van der Waals surface area contributed by atoms with E-state index < -0.39 is 12.6 Å². The van der Waals surface area contributed by atoms with Crippen molar-refractivity contribution in [3.8, 4) is 0 Å². The summed E-state index contributed by atoms with van der Waals surface area (Å²) in [5, 5.41) is 10.8. The molecule has 28 heavy (non-hydrogen) atoms. The van der Waals surface area contributed by atoms with E-state index in [2.05, 4.69) is 25.5 Å². The van der Waals surface area contributed by atoms with Gasteiger partial charge in [0.1, 0.15) is 12.1 Å². The highest BCUT2D eigenvalue weighted by molar-refractivity contribution is 7.92. The van der Waals surface area contributed by atoms with E-state index in [-0.39, 0.29) is 25.4 Å². The molecule has 0 radical (unpaired) electrons. The van der Waals surface area contributed by atoms with Crippen LogP contribution in [0.25, 0.3) is 11.0 Å². The summed E-state index contributed by atoms with van der Waals surface area (Å²) in [5.41, 5.74) is 3.12. The summed E-state index contributed by atoms with van der Waals surface area (Å²) in [6, 6.07) is 1.77. The number of rotatable bonds is 6. The van der Waals surface area contributed by atoms with Gasteiger partial charge in [-0.2, -0.15) is 18.3 Å². The number of nitrogens with zero attached hydrogens (tertiary/aromatic N) is 5. The van der Waals surface area contributed by atoms with E-state index in [1.54, 1.807) is 12.3 Å². The second-order valence-corrected chi connectivity index (χ2v) is 7.02. The first-order valence-electron chi connectivity index (χ1n) is 8.65. The molecule has 0 aromatic carbocycles. The summed E-state index contributed by atoms with van der Waals surface area (Å²) in [4.78, 5) is 10.5. The quantitative estimate of drug-likeness (QED) is 0.476. The van der Waals surface area contributed by atoms with Crippen LogP contribution in [-0.2, 0) is 19.5 Å². The molecule has 3 aromatic heterocycles. The molecule has 1 aliphatic rings. The van der Waals surface area contributed by atoms with Crippen molar-refractivity contribution in [2.24, 2.45) is 0 Å². The van der Waals surface area contributed by atoms with Crippen molar-refractivity contribution in [3.63, 3.8) is 0 Å². The molecule has 2 N–H and O–H groups in total. The second kappa shape index (κ2) is 7.59. The predicted molar refractivity (Wildman–Crippen MR) is 97.3 cm³/mol. The largest absolute Gasteiger partial charge is 0.390 e. The molecule has 0 saturated carbocycles. The molecule has 0 fully saturated rings. The number of nitrogens with one attached hydrogen (secondary N) is 2. The van der Waals surface area contributed by atoms with Crippen molar-refractivity contribution in [2.45, 2.75) is 32.1 Å². The van der Waals surface area contributed by atoms with Gasteiger partial charge in [0, 0.05) is 50.1 Å². The van der Waals surface area contributed by atoms with Gasteiger partial charge >= 0.3 is 6.18 Å². The van der Waals surface area contributed by atoms with Gasteiger partial charge in [0.2, 0.25) is 0 Å². The van der Waals surface area contributed by atoms with Crippen molar-refractivity contribution in [1.29, 1.82) is 0 Å². The summed E-state index contributed by atoms with van der Waals surface area (Å²) in [6.07, 6.45) is -1.36. The number of fused-ring (bicyclic) bond motifs is 2. The zero-order chi connectivity index (χ0) is 19.7.